The summed E-state index contributed by atoms with van der Waals surface area (Å²) in [6, 6.07) is 2.19. The predicted octanol–water partition coefficient (Wildman–Crippen LogP) is 2.10. The summed E-state index contributed by atoms with van der Waals surface area (Å²) in [5.74, 6) is 0. The third kappa shape index (κ3) is 2.04. The Balaban J connectivity index is 3.12. The van der Waals surface area contributed by atoms with Crippen molar-refractivity contribution in [1.82, 2.24) is 9.78 Å². The van der Waals surface area contributed by atoms with Crippen LogP contribution < -0.4 is 0 Å². The molecular formula is C9H13N3S. The van der Waals surface area contributed by atoms with Crippen LogP contribution in [-0.4, -0.2) is 15.0 Å². The van der Waals surface area contributed by atoms with E-state index in [9.17, 15) is 0 Å². The Hall–Kier alpha value is -0.950. The number of aryl methyl sites for hydroxylation is 2. The van der Waals surface area contributed by atoms with Gasteiger partial charge in [-0.3, -0.25) is 4.68 Å². The minimum Gasteiger partial charge on any atom is -0.260 e. The fourth-order valence-corrected chi connectivity index (χ4v) is 2.08. The highest BCUT2D eigenvalue weighted by molar-refractivity contribution is 7.99. The fraction of sp³-hybridized carbons (Fsp3) is 0.556. The van der Waals surface area contributed by atoms with E-state index < -0.39 is 0 Å². The molecule has 0 bridgehead atoms. The average molecular weight is 195 g/mol. The maximum Gasteiger partial charge on any atom is 0.112 e. The predicted molar refractivity (Wildman–Crippen MR) is 53.7 cm³/mol. The van der Waals surface area contributed by atoms with Crippen molar-refractivity contribution in [2.24, 2.45) is 7.05 Å². The van der Waals surface area contributed by atoms with E-state index in [2.05, 4.69) is 25.0 Å². The van der Waals surface area contributed by atoms with Gasteiger partial charge in [-0.2, -0.15) is 10.4 Å². The van der Waals surface area contributed by atoms with Crippen molar-refractivity contribution < 1.29 is 0 Å². The first-order chi connectivity index (χ1) is 6.06. The molecule has 0 saturated heterocycles. The van der Waals surface area contributed by atoms with Gasteiger partial charge >= 0.3 is 0 Å². The zero-order valence-corrected chi connectivity index (χ0v) is 9.14. The van der Waals surface area contributed by atoms with E-state index in [0.717, 1.165) is 10.7 Å². The topological polar surface area (TPSA) is 41.6 Å². The summed E-state index contributed by atoms with van der Waals surface area (Å²) in [4.78, 5) is 0. The molecule has 0 aliphatic carbocycles. The first kappa shape index (κ1) is 10.1. The first-order valence-electron chi connectivity index (χ1n) is 4.16. The Morgan fingerprint density at radius 3 is 2.62 bits per heavy atom. The summed E-state index contributed by atoms with van der Waals surface area (Å²) in [6.07, 6.45) is 0. The van der Waals surface area contributed by atoms with Crippen molar-refractivity contribution in [3.05, 3.63) is 11.3 Å². The van der Waals surface area contributed by atoms with E-state index in [1.165, 1.54) is 0 Å². The SMILES string of the molecule is Cc1nn(C)c(SC(C)C)c1C#N. The van der Waals surface area contributed by atoms with Crippen LogP contribution >= 0.6 is 11.8 Å². The molecule has 3 nitrogen and oxygen atoms in total. The van der Waals surface area contributed by atoms with E-state index >= 15 is 0 Å². The van der Waals surface area contributed by atoms with E-state index in [0.29, 0.717) is 10.8 Å². The Morgan fingerprint density at radius 2 is 2.15 bits per heavy atom. The van der Waals surface area contributed by atoms with Crippen molar-refractivity contribution >= 4 is 11.8 Å². The van der Waals surface area contributed by atoms with Gasteiger partial charge in [0.2, 0.25) is 0 Å². The molecule has 13 heavy (non-hydrogen) atoms. The summed E-state index contributed by atoms with van der Waals surface area (Å²) in [5, 5.41) is 14.6. The molecule has 1 heterocycles. The number of rotatable bonds is 2. The molecule has 0 N–H and O–H groups in total. The zero-order valence-electron chi connectivity index (χ0n) is 8.33. The molecule has 0 radical (unpaired) electrons. The smallest absolute Gasteiger partial charge is 0.112 e. The molecule has 0 spiro atoms. The summed E-state index contributed by atoms with van der Waals surface area (Å²) in [7, 11) is 1.87. The molecule has 4 heteroatoms. The van der Waals surface area contributed by atoms with Crippen LogP contribution in [0.25, 0.3) is 0 Å². The largest absolute Gasteiger partial charge is 0.260 e. The second-order valence-electron chi connectivity index (χ2n) is 3.17. The van der Waals surface area contributed by atoms with Crippen molar-refractivity contribution in [1.29, 1.82) is 5.26 Å². The van der Waals surface area contributed by atoms with Crippen molar-refractivity contribution in [2.75, 3.05) is 0 Å². The Labute approximate surface area is 82.7 Å². The van der Waals surface area contributed by atoms with Crippen LogP contribution in [0.3, 0.4) is 0 Å². The van der Waals surface area contributed by atoms with Crippen molar-refractivity contribution in [3.63, 3.8) is 0 Å². The summed E-state index contributed by atoms with van der Waals surface area (Å²) < 4.78 is 1.78. The molecule has 0 amide bonds. The molecular weight excluding hydrogens is 182 g/mol. The normalized spacial score (nSPS) is 10.5. The second kappa shape index (κ2) is 3.84. The molecule has 0 unspecified atom stereocenters. The highest BCUT2D eigenvalue weighted by Gasteiger charge is 2.13. The van der Waals surface area contributed by atoms with Gasteiger partial charge in [0, 0.05) is 12.3 Å². The number of thioether (sulfide) groups is 1. The van der Waals surface area contributed by atoms with E-state index in [-0.39, 0.29) is 0 Å². The zero-order chi connectivity index (χ0) is 10.0. The van der Waals surface area contributed by atoms with E-state index in [4.69, 9.17) is 5.26 Å². The third-order valence-electron chi connectivity index (χ3n) is 1.63. The number of nitriles is 1. The number of hydrogen-bond donors (Lipinski definition) is 0. The quantitative estimate of drug-likeness (QED) is 0.679. The van der Waals surface area contributed by atoms with Gasteiger partial charge < -0.3 is 0 Å². The van der Waals surface area contributed by atoms with Gasteiger partial charge in [-0.15, -0.1) is 11.8 Å². The van der Waals surface area contributed by atoms with Gasteiger partial charge in [-0.1, -0.05) is 13.8 Å². The monoisotopic (exact) mass is 195 g/mol. The van der Waals surface area contributed by atoms with Gasteiger partial charge in [-0.25, -0.2) is 0 Å². The van der Waals surface area contributed by atoms with E-state index in [1.807, 2.05) is 14.0 Å². The molecule has 70 valence electrons. The van der Waals surface area contributed by atoms with Crippen LogP contribution in [-0.2, 0) is 7.05 Å². The van der Waals surface area contributed by atoms with Crippen LogP contribution in [0.5, 0.6) is 0 Å². The van der Waals surface area contributed by atoms with Crippen LogP contribution in [0.15, 0.2) is 5.03 Å². The van der Waals surface area contributed by atoms with Crippen molar-refractivity contribution in [3.8, 4) is 6.07 Å². The van der Waals surface area contributed by atoms with Gasteiger partial charge in [0.15, 0.2) is 0 Å². The number of aromatic nitrogens is 2. The minimum atomic E-state index is 0.474. The lowest BCUT2D eigenvalue weighted by atomic mass is 10.3. The van der Waals surface area contributed by atoms with Gasteiger partial charge in [0.1, 0.15) is 16.7 Å². The summed E-state index contributed by atoms with van der Waals surface area (Å²) in [5.41, 5.74) is 1.52. The van der Waals surface area contributed by atoms with Gasteiger partial charge in [-0.05, 0) is 6.92 Å². The molecule has 0 aliphatic heterocycles. The Kier molecular flexibility index (Phi) is 2.99. The highest BCUT2D eigenvalue weighted by atomic mass is 32.2. The van der Waals surface area contributed by atoms with Crippen LogP contribution in [0.2, 0.25) is 0 Å². The molecule has 0 atom stereocenters. The lowest BCUT2D eigenvalue weighted by Gasteiger charge is -2.04. The highest BCUT2D eigenvalue weighted by Crippen LogP contribution is 2.27. The van der Waals surface area contributed by atoms with Gasteiger partial charge in [0.05, 0.1) is 5.69 Å². The second-order valence-corrected chi connectivity index (χ2v) is 4.73. The van der Waals surface area contributed by atoms with Crippen LogP contribution in [0, 0.1) is 18.3 Å². The minimum absolute atomic E-state index is 0.474. The molecule has 1 aromatic rings. The maximum absolute atomic E-state index is 8.91. The standard InChI is InChI=1S/C9H13N3S/c1-6(2)13-9-8(5-10)7(3)11-12(9)4/h6H,1-4H3. The lowest BCUT2D eigenvalue weighted by Crippen LogP contribution is -1.96. The Morgan fingerprint density at radius 1 is 1.54 bits per heavy atom. The maximum atomic E-state index is 8.91. The van der Waals surface area contributed by atoms with Crippen molar-refractivity contribution in [2.45, 2.75) is 31.0 Å². The third-order valence-corrected chi connectivity index (χ3v) is 2.79. The van der Waals surface area contributed by atoms with Crippen LogP contribution in [0.4, 0.5) is 0 Å². The van der Waals surface area contributed by atoms with Gasteiger partial charge in [0.25, 0.3) is 0 Å². The number of hydrogen-bond acceptors (Lipinski definition) is 3. The van der Waals surface area contributed by atoms with E-state index in [1.54, 1.807) is 16.4 Å². The summed E-state index contributed by atoms with van der Waals surface area (Å²) in [6.45, 7) is 6.07. The molecule has 0 fully saturated rings. The Bertz CT molecular complexity index is 346. The fourth-order valence-electron chi connectivity index (χ4n) is 1.12. The first-order valence-corrected chi connectivity index (χ1v) is 5.04. The molecule has 0 saturated carbocycles. The summed E-state index contributed by atoms with van der Waals surface area (Å²) >= 11 is 1.68. The molecule has 1 aromatic heterocycles. The molecule has 0 aliphatic rings. The lowest BCUT2D eigenvalue weighted by molar-refractivity contribution is 0.690. The van der Waals surface area contributed by atoms with Crippen LogP contribution in [0.1, 0.15) is 25.1 Å². The molecule has 1 rings (SSSR count). The number of nitrogens with zero attached hydrogens (tertiary/aromatic N) is 3. The average Bonchev–Trinajstić information content (AvgIpc) is 2.26. The molecule has 0 aromatic carbocycles.